The SMILES string of the molecule is CCc1nc(-c2ccncc2F)sc1CNC. The molecule has 0 fully saturated rings. The molecule has 0 saturated heterocycles. The lowest BCUT2D eigenvalue weighted by molar-refractivity contribution is 0.625. The summed E-state index contributed by atoms with van der Waals surface area (Å²) in [7, 11) is 1.89. The number of thiazole rings is 1. The van der Waals surface area contributed by atoms with Crippen LogP contribution >= 0.6 is 11.3 Å². The van der Waals surface area contributed by atoms with Crippen molar-refractivity contribution in [1.82, 2.24) is 15.3 Å². The Labute approximate surface area is 104 Å². The Morgan fingerprint density at radius 2 is 2.29 bits per heavy atom. The van der Waals surface area contributed by atoms with Gasteiger partial charge >= 0.3 is 0 Å². The molecule has 0 amide bonds. The highest BCUT2D eigenvalue weighted by Crippen LogP contribution is 2.29. The molecule has 0 unspecified atom stereocenters. The van der Waals surface area contributed by atoms with Crippen molar-refractivity contribution >= 4 is 11.3 Å². The van der Waals surface area contributed by atoms with Gasteiger partial charge in [-0.25, -0.2) is 9.37 Å². The van der Waals surface area contributed by atoms with Crippen LogP contribution in [0, 0.1) is 5.82 Å². The molecule has 2 aromatic heterocycles. The fraction of sp³-hybridized carbons (Fsp3) is 0.333. The first-order chi connectivity index (χ1) is 8.26. The number of hydrogen-bond donors (Lipinski definition) is 1. The second-order valence-electron chi connectivity index (χ2n) is 3.63. The number of aromatic nitrogens is 2. The summed E-state index contributed by atoms with van der Waals surface area (Å²) in [5.74, 6) is -0.320. The van der Waals surface area contributed by atoms with E-state index in [-0.39, 0.29) is 5.82 Å². The molecule has 0 saturated carbocycles. The number of nitrogens with one attached hydrogen (secondary N) is 1. The highest BCUT2D eigenvalue weighted by molar-refractivity contribution is 7.15. The van der Waals surface area contributed by atoms with Gasteiger partial charge in [0, 0.05) is 23.2 Å². The standard InChI is InChI=1S/C12H14FN3S/c1-3-10-11(7-14-2)17-12(16-10)8-4-5-15-6-9(8)13/h4-6,14H,3,7H2,1-2H3. The quantitative estimate of drug-likeness (QED) is 0.907. The lowest BCUT2D eigenvalue weighted by Gasteiger charge is -1.96. The van der Waals surface area contributed by atoms with Gasteiger partial charge in [0.05, 0.1) is 11.9 Å². The first-order valence-corrected chi connectivity index (χ1v) is 6.31. The third-order valence-electron chi connectivity index (χ3n) is 2.45. The molecule has 1 N–H and O–H groups in total. The van der Waals surface area contributed by atoms with Crippen LogP contribution in [0.15, 0.2) is 18.5 Å². The summed E-state index contributed by atoms with van der Waals surface area (Å²) in [5, 5.41) is 3.83. The van der Waals surface area contributed by atoms with Crippen molar-refractivity contribution in [2.45, 2.75) is 19.9 Å². The lowest BCUT2D eigenvalue weighted by atomic mass is 10.2. The molecule has 0 aliphatic rings. The predicted octanol–water partition coefficient (Wildman–Crippen LogP) is 2.63. The molecule has 0 aliphatic carbocycles. The molecule has 0 spiro atoms. The Kier molecular flexibility index (Phi) is 3.81. The summed E-state index contributed by atoms with van der Waals surface area (Å²) in [6.07, 6.45) is 3.67. The van der Waals surface area contributed by atoms with Crippen molar-refractivity contribution in [2.75, 3.05) is 7.05 Å². The van der Waals surface area contributed by atoms with E-state index >= 15 is 0 Å². The second kappa shape index (κ2) is 5.33. The minimum Gasteiger partial charge on any atom is -0.315 e. The number of nitrogens with zero attached hydrogens (tertiary/aromatic N) is 2. The second-order valence-corrected chi connectivity index (χ2v) is 4.71. The minimum absolute atomic E-state index is 0.320. The average Bonchev–Trinajstić information content (AvgIpc) is 2.73. The van der Waals surface area contributed by atoms with Crippen LogP contribution in [-0.4, -0.2) is 17.0 Å². The highest BCUT2D eigenvalue weighted by Gasteiger charge is 2.13. The van der Waals surface area contributed by atoms with E-state index in [1.54, 1.807) is 12.3 Å². The topological polar surface area (TPSA) is 37.8 Å². The molecule has 5 heteroatoms. The van der Waals surface area contributed by atoms with Gasteiger partial charge in [-0.3, -0.25) is 4.98 Å². The number of hydrogen-bond acceptors (Lipinski definition) is 4. The molecule has 0 atom stereocenters. The van der Waals surface area contributed by atoms with E-state index < -0.39 is 0 Å². The van der Waals surface area contributed by atoms with E-state index in [4.69, 9.17) is 0 Å². The van der Waals surface area contributed by atoms with Gasteiger partial charge in [-0.15, -0.1) is 11.3 Å². The van der Waals surface area contributed by atoms with Gasteiger partial charge in [0.25, 0.3) is 0 Å². The molecule has 2 heterocycles. The fourth-order valence-electron chi connectivity index (χ4n) is 1.62. The summed E-state index contributed by atoms with van der Waals surface area (Å²) in [6.45, 7) is 2.83. The summed E-state index contributed by atoms with van der Waals surface area (Å²) >= 11 is 1.53. The van der Waals surface area contributed by atoms with Crippen molar-refractivity contribution in [3.05, 3.63) is 34.8 Å². The van der Waals surface area contributed by atoms with Gasteiger partial charge in [0.1, 0.15) is 5.01 Å². The molecule has 17 heavy (non-hydrogen) atoms. The Bertz CT molecular complexity index is 510. The van der Waals surface area contributed by atoms with Crippen molar-refractivity contribution in [2.24, 2.45) is 0 Å². The maximum Gasteiger partial charge on any atom is 0.151 e. The van der Waals surface area contributed by atoms with Gasteiger partial charge in [0.2, 0.25) is 0 Å². The molecule has 3 nitrogen and oxygen atoms in total. The molecular formula is C12H14FN3S. The van der Waals surface area contributed by atoms with Gasteiger partial charge in [-0.05, 0) is 19.5 Å². The third-order valence-corrected chi connectivity index (χ3v) is 3.58. The molecule has 0 bridgehead atoms. The number of pyridine rings is 1. The van der Waals surface area contributed by atoms with Gasteiger partial charge < -0.3 is 5.32 Å². The third kappa shape index (κ3) is 2.50. The maximum atomic E-state index is 13.6. The maximum absolute atomic E-state index is 13.6. The molecule has 0 aromatic carbocycles. The van der Waals surface area contributed by atoms with Crippen LogP contribution < -0.4 is 5.32 Å². The monoisotopic (exact) mass is 251 g/mol. The Morgan fingerprint density at radius 1 is 1.47 bits per heavy atom. The van der Waals surface area contributed by atoms with E-state index in [1.165, 1.54) is 22.4 Å². The fourth-order valence-corrected chi connectivity index (χ4v) is 2.81. The van der Waals surface area contributed by atoms with Crippen LogP contribution in [0.1, 0.15) is 17.5 Å². The highest BCUT2D eigenvalue weighted by atomic mass is 32.1. The summed E-state index contributed by atoms with van der Waals surface area (Å²) in [5.41, 5.74) is 1.57. The smallest absolute Gasteiger partial charge is 0.151 e. The van der Waals surface area contributed by atoms with Crippen molar-refractivity contribution in [1.29, 1.82) is 0 Å². The van der Waals surface area contributed by atoms with Crippen molar-refractivity contribution in [3.63, 3.8) is 0 Å². The number of rotatable bonds is 4. The Balaban J connectivity index is 2.43. The van der Waals surface area contributed by atoms with Gasteiger partial charge in [0.15, 0.2) is 5.82 Å². The predicted molar refractivity (Wildman–Crippen MR) is 67.4 cm³/mol. The zero-order chi connectivity index (χ0) is 12.3. The summed E-state index contributed by atoms with van der Waals surface area (Å²) < 4.78 is 13.6. The lowest BCUT2D eigenvalue weighted by Crippen LogP contribution is -2.05. The Hall–Kier alpha value is -1.33. The average molecular weight is 251 g/mol. The van der Waals surface area contributed by atoms with Crippen LogP contribution in [0.5, 0.6) is 0 Å². The molecule has 90 valence electrons. The minimum atomic E-state index is -0.320. The normalized spacial score (nSPS) is 10.8. The molecule has 2 rings (SSSR count). The Morgan fingerprint density at radius 3 is 2.94 bits per heavy atom. The van der Waals surface area contributed by atoms with Crippen LogP contribution in [0.3, 0.4) is 0 Å². The van der Waals surface area contributed by atoms with E-state index in [1.807, 2.05) is 7.05 Å². The van der Waals surface area contributed by atoms with Gasteiger partial charge in [-0.2, -0.15) is 0 Å². The molecule has 0 radical (unpaired) electrons. The van der Waals surface area contributed by atoms with Crippen LogP contribution in [-0.2, 0) is 13.0 Å². The van der Waals surface area contributed by atoms with Crippen molar-refractivity contribution in [3.8, 4) is 10.6 Å². The van der Waals surface area contributed by atoms with E-state index in [9.17, 15) is 4.39 Å². The van der Waals surface area contributed by atoms with Gasteiger partial charge in [-0.1, -0.05) is 6.92 Å². The van der Waals surface area contributed by atoms with Crippen LogP contribution in [0.25, 0.3) is 10.6 Å². The first kappa shape index (κ1) is 12.1. The molecular weight excluding hydrogens is 237 g/mol. The van der Waals surface area contributed by atoms with Crippen LogP contribution in [0.2, 0.25) is 0 Å². The summed E-state index contributed by atoms with van der Waals surface area (Å²) in [6, 6.07) is 1.66. The number of halogens is 1. The zero-order valence-corrected chi connectivity index (χ0v) is 10.6. The van der Waals surface area contributed by atoms with Crippen LogP contribution in [0.4, 0.5) is 4.39 Å². The molecule has 2 aromatic rings. The number of aryl methyl sites for hydroxylation is 1. The van der Waals surface area contributed by atoms with E-state index in [2.05, 4.69) is 22.2 Å². The molecule has 0 aliphatic heterocycles. The first-order valence-electron chi connectivity index (χ1n) is 5.49. The summed E-state index contributed by atoms with van der Waals surface area (Å²) in [4.78, 5) is 9.40. The largest absolute Gasteiger partial charge is 0.315 e. The zero-order valence-electron chi connectivity index (χ0n) is 9.83. The van der Waals surface area contributed by atoms with Crippen molar-refractivity contribution < 1.29 is 4.39 Å². The van der Waals surface area contributed by atoms with E-state index in [0.29, 0.717) is 5.56 Å². The van der Waals surface area contributed by atoms with E-state index in [0.717, 1.165) is 23.7 Å².